The predicted octanol–water partition coefficient (Wildman–Crippen LogP) is 2.03. The molecule has 0 radical (unpaired) electrons. The number of nitrogens with zero attached hydrogens (tertiary/aromatic N) is 2. The number of hydrogen-bond donors (Lipinski definition) is 2. The molecule has 148 valence electrons. The summed E-state index contributed by atoms with van der Waals surface area (Å²) in [6.07, 6.45) is -0.232. The summed E-state index contributed by atoms with van der Waals surface area (Å²) in [7, 11) is 0. The lowest BCUT2D eigenvalue weighted by Crippen LogP contribution is -2.58. The van der Waals surface area contributed by atoms with Crippen LogP contribution in [0.2, 0.25) is 0 Å². The van der Waals surface area contributed by atoms with Gasteiger partial charge in [-0.25, -0.2) is 9.59 Å². The lowest BCUT2D eigenvalue weighted by molar-refractivity contribution is -0.128. The lowest BCUT2D eigenvalue weighted by Gasteiger charge is -2.39. The number of hydrogen-bond acceptors (Lipinski definition) is 6. The van der Waals surface area contributed by atoms with E-state index in [-0.39, 0.29) is 6.54 Å². The number of rotatable bonds is 2. The van der Waals surface area contributed by atoms with Crippen molar-refractivity contribution in [2.75, 3.05) is 6.54 Å². The second kappa shape index (κ2) is 7.53. The van der Waals surface area contributed by atoms with Crippen molar-refractivity contribution < 1.29 is 29.1 Å². The highest BCUT2D eigenvalue weighted by atomic mass is 16.6. The zero-order valence-corrected chi connectivity index (χ0v) is 16.4. The molecule has 0 aliphatic carbocycles. The molecule has 2 atom stereocenters. The van der Waals surface area contributed by atoms with Crippen LogP contribution in [0.15, 0.2) is 11.6 Å². The molecule has 0 spiro atoms. The Hall–Kier alpha value is -2.29. The van der Waals surface area contributed by atoms with Crippen molar-refractivity contribution in [1.29, 1.82) is 0 Å². The van der Waals surface area contributed by atoms with Gasteiger partial charge in [0.2, 0.25) is 5.91 Å². The van der Waals surface area contributed by atoms with E-state index in [1.54, 1.807) is 48.5 Å². The van der Waals surface area contributed by atoms with Gasteiger partial charge in [0, 0.05) is 0 Å². The fraction of sp³-hybridized carbons (Fsp3) is 0.706. The SMILES string of the molecule is CC1=C[C@@H](N(O)C(=O)OC(C)(C)C)CN(C(=O)OC(C)(C)C)[C@H]1C(N)=O. The number of carbonyl (C=O) groups is 3. The average molecular weight is 371 g/mol. The van der Waals surface area contributed by atoms with E-state index in [2.05, 4.69) is 0 Å². The van der Waals surface area contributed by atoms with Crippen molar-refractivity contribution in [1.82, 2.24) is 9.96 Å². The van der Waals surface area contributed by atoms with Crippen molar-refractivity contribution in [3.63, 3.8) is 0 Å². The molecule has 3 amide bonds. The third kappa shape index (κ3) is 5.91. The Bertz CT molecular complexity index is 603. The van der Waals surface area contributed by atoms with Gasteiger partial charge in [-0.3, -0.25) is 14.9 Å². The van der Waals surface area contributed by atoms with Gasteiger partial charge in [-0.1, -0.05) is 6.08 Å². The van der Waals surface area contributed by atoms with E-state index in [0.717, 1.165) is 4.90 Å². The first kappa shape index (κ1) is 21.8. The molecule has 9 heteroatoms. The van der Waals surface area contributed by atoms with E-state index in [4.69, 9.17) is 15.2 Å². The van der Waals surface area contributed by atoms with Crippen LogP contribution in [-0.2, 0) is 14.3 Å². The van der Waals surface area contributed by atoms with E-state index >= 15 is 0 Å². The standard InChI is InChI=1S/C17H29N3O6/c1-10-8-11(20(24)15(23)26-17(5,6)7)9-19(12(10)13(18)21)14(22)25-16(2,3)4/h8,11-12,24H,9H2,1-7H3,(H2,18,21)/t11-,12-/m1/s1. The highest BCUT2D eigenvalue weighted by Gasteiger charge is 2.40. The molecular weight excluding hydrogens is 342 g/mol. The highest BCUT2D eigenvalue weighted by Crippen LogP contribution is 2.24. The minimum absolute atomic E-state index is 0.171. The number of carbonyl (C=O) groups excluding carboxylic acids is 3. The van der Waals surface area contributed by atoms with Crippen LogP contribution in [0.25, 0.3) is 0 Å². The van der Waals surface area contributed by atoms with Crippen LogP contribution in [0.3, 0.4) is 0 Å². The smallest absolute Gasteiger partial charge is 0.434 e. The maximum absolute atomic E-state index is 12.5. The molecule has 9 nitrogen and oxygen atoms in total. The molecular formula is C17H29N3O6. The van der Waals surface area contributed by atoms with E-state index in [1.165, 1.54) is 6.08 Å². The molecule has 0 aromatic heterocycles. The molecule has 0 fully saturated rings. The van der Waals surface area contributed by atoms with Gasteiger partial charge in [-0.2, -0.15) is 5.06 Å². The summed E-state index contributed by atoms with van der Waals surface area (Å²) in [5.41, 5.74) is 4.25. The molecule has 1 aliphatic rings. The fourth-order valence-electron chi connectivity index (χ4n) is 2.47. The normalized spacial score (nSPS) is 20.9. The van der Waals surface area contributed by atoms with Crippen LogP contribution in [0.4, 0.5) is 9.59 Å². The van der Waals surface area contributed by atoms with E-state index in [0.29, 0.717) is 10.6 Å². The topological polar surface area (TPSA) is 122 Å². The van der Waals surface area contributed by atoms with E-state index in [9.17, 15) is 19.6 Å². The molecule has 0 saturated heterocycles. The van der Waals surface area contributed by atoms with Crippen LogP contribution >= 0.6 is 0 Å². The Balaban J connectivity index is 3.09. The molecule has 26 heavy (non-hydrogen) atoms. The fourth-order valence-corrected chi connectivity index (χ4v) is 2.47. The third-order valence-corrected chi connectivity index (χ3v) is 3.37. The summed E-state index contributed by atoms with van der Waals surface area (Å²) < 4.78 is 10.4. The van der Waals surface area contributed by atoms with Gasteiger partial charge in [-0.15, -0.1) is 0 Å². The van der Waals surface area contributed by atoms with Crippen molar-refractivity contribution in [2.24, 2.45) is 5.73 Å². The molecule has 1 rings (SSSR count). The Morgan fingerprint density at radius 3 is 2.08 bits per heavy atom. The zero-order valence-electron chi connectivity index (χ0n) is 16.4. The first-order chi connectivity index (χ1) is 11.6. The van der Waals surface area contributed by atoms with Gasteiger partial charge < -0.3 is 15.2 Å². The largest absolute Gasteiger partial charge is 0.444 e. The Morgan fingerprint density at radius 2 is 1.65 bits per heavy atom. The zero-order chi connectivity index (χ0) is 20.4. The van der Waals surface area contributed by atoms with Crippen molar-refractivity contribution in [3.05, 3.63) is 11.6 Å². The maximum atomic E-state index is 12.5. The van der Waals surface area contributed by atoms with Crippen molar-refractivity contribution in [3.8, 4) is 0 Å². The summed E-state index contributed by atoms with van der Waals surface area (Å²) >= 11 is 0. The summed E-state index contributed by atoms with van der Waals surface area (Å²) in [5, 5.41) is 10.6. The van der Waals surface area contributed by atoms with Gasteiger partial charge in [0.15, 0.2) is 0 Å². The Kier molecular flexibility index (Phi) is 6.30. The lowest BCUT2D eigenvalue weighted by atomic mass is 9.98. The Morgan fingerprint density at radius 1 is 1.15 bits per heavy atom. The summed E-state index contributed by atoms with van der Waals surface area (Å²) in [6, 6.07) is -1.93. The average Bonchev–Trinajstić information content (AvgIpc) is 2.41. The maximum Gasteiger partial charge on any atom is 0.434 e. The van der Waals surface area contributed by atoms with Crippen molar-refractivity contribution >= 4 is 18.1 Å². The Labute approximate surface area is 153 Å². The van der Waals surface area contributed by atoms with Gasteiger partial charge >= 0.3 is 12.2 Å². The van der Waals surface area contributed by atoms with Gasteiger partial charge in [0.05, 0.1) is 12.6 Å². The van der Waals surface area contributed by atoms with Crippen LogP contribution in [-0.4, -0.2) is 63.1 Å². The first-order valence-corrected chi connectivity index (χ1v) is 8.30. The number of primary amides is 1. The van der Waals surface area contributed by atoms with E-state index < -0.39 is 41.4 Å². The van der Waals surface area contributed by atoms with Gasteiger partial charge in [0.1, 0.15) is 17.2 Å². The number of ether oxygens (including phenoxy) is 2. The van der Waals surface area contributed by atoms with Crippen LogP contribution < -0.4 is 5.73 Å². The van der Waals surface area contributed by atoms with Crippen molar-refractivity contribution in [2.45, 2.75) is 71.8 Å². The van der Waals surface area contributed by atoms with Gasteiger partial charge in [0.25, 0.3) is 0 Å². The summed E-state index contributed by atoms with van der Waals surface area (Å²) in [6.45, 7) is 11.5. The molecule has 1 aliphatic heterocycles. The number of hydroxylamine groups is 2. The number of amides is 3. The van der Waals surface area contributed by atoms with E-state index in [1.807, 2.05) is 0 Å². The second-order valence-corrected chi connectivity index (χ2v) is 8.24. The van der Waals surface area contributed by atoms with Crippen LogP contribution in [0, 0.1) is 0 Å². The van der Waals surface area contributed by atoms with Crippen LogP contribution in [0.1, 0.15) is 48.5 Å². The van der Waals surface area contributed by atoms with Crippen LogP contribution in [0.5, 0.6) is 0 Å². The number of nitrogens with two attached hydrogens (primary N) is 1. The molecule has 0 aromatic rings. The summed E-state index contributed by atoms with van der Waals surface area (Å²) in [4.78, 5) is 37.5. The predicted molar refractivity (Wildman–Crippen MR) is 93.3 cm³/mol. The summed E-state index contributed by atoms with van der Waals surface area (Å²) in [5.74, 6) is -0.732. The molecule has 0 saturated carbocycles. The quantitative estimate of drug-likeness (QED) is 0.435. The molecule has 0 aromatic carbocycles. The molecule has 1 heterocycles. The monoisotopic (exact) mass is 371 g/mol. The second-order valence-electron chi connectivity index (χ2n) is 8.24. The van der Waals surface area contributed by atoms with Gasteiger partial charge in [-0.05, 0) is 54.0 Å². The molecule has 3 N–H and O–H groups in total. The molecule has 0 bridgehead atoms. The third-order valence-electron chi connectivity index (χ3n) is 3.37. The first-order valence-electron chi connectivity index (χ1n) is 8.30. The minimum atomic E-state index is -1.02. The minimum Gasteiger partial charge on any atom is -0.444 e. The highest BCUT2D eigenvalue weighted by molar-refractivity contribution is 5.88. The molecule has 0 unspecified atom stereocenters.